The van der Waals surface area contributed by atoms with Crippen LogP contribution in [0.2, 0.25) is 0 Å². The van der Waals surface area contributed by atoms with E-state index in [4.69, 9.17) is 4.74 Å². The molecule has 1 N–H and O–H groups in total. The van der Waals surface area contributed by atoms with Gasteiger partial charge in [0.15, 0.2) is 0 Å². The summed E-state index contributed by atoms with van der Waals surface area (Å²) in [6, 6.07) is 6.13. The Bertz CT molecular complexity index is 504. The number of benzene rings is 1. The molecule has 0 aliphatic rings. The fraction of sp³-hybridized carbons (Fsp3) is 0.385. The predicted octanol–water partition coefficient (Wildman–Crippen LogP) is 3.17. The minimum absolute atomic E-state index is 0.449. The first kappa shape index (κ1) is 12.8. The summed E-state index contributed by atoms with van der Waals surface area (Å²) >= 11 is 1.37. The summed E-state index contributed by atoms with van der Waals surface area (Å²) < 4.78 is 9.81. The Morgan fingerprint density at radius 2 is 2.00 bits per heavy atom. The van der Waals surface area contributed by atoms with Crippen molar-refractivity contribution in [1.82, 2.24) is 9.59 Å². The van der Waals surface area contributed by atoms with Crippen molar-refractivity contribution in [1.29, 1.82) is 0 Å². The second-order valence-electron chi connectivity index (χ2n) is 4.09. The molecule has 96 valence electrons. The lowest BCUT2D eigenvalue weighted by Crippen LogP contribution is -2.03. The van der Waals surface area contributed by atoms with Crippen LogP contribution in [0, 0.1) is 13.8 Å². The molecule has 4 nitrogen and oxygen atoms in total. The van der Waals surface area contributed by atoms with Gasteiger partial charge < -0.3 is 10.1 Å². The predicted molar refractivity (Wildman–Crippen MR) is 74.3 cm³/mol. The summed E-state index contributed by atoms with van der Waals surface area (Å²) in [6.07, 6.45) is 0. The molecular formula is C13H17N3OS. The number of aryl methyl sites for hydroxylation is 2. The Morgan fingerprint density at radius 3 is 2.67 bits per heavy atom. The van der Waals surface area contributed by atoms with E-state index in [0.717, 1.165) is 34.1 Å². The molecule has 0 radical (unpaired) electrons. The van der Waals surface area contributed by atoms with Crippen molar-refractivity contribution in [3.63, 3.8) is 0 Å². The van der Waals surface area contributed by atoms with Gasteiger partial charge in [-0.25, -0.2) is 0 Å². The molecular weight excluding hydrogens is 246 g/mol. The molecule has 0 bridgehead atoms. The summed E-state index contributed by atoms with van der Waals surface area (Å²) in [7, 11) is 0. The second kappa shape index (κ2) is 5.82. The maximum atomic E-state index is 5.86. The average Bonchev–Trinajstić information content (AvgIpc) is 2.77. The van der Waals surface area contributed by atoms with Crippen molar-refractivity contribution >= 4 is 16.5 Å². The zero-order chi connectivity index (χ0) is 13.0. The molecule has 0 saturated carbocycles. The Labute approximate surface area is 111 Å². The smallest absolute Gasteiger partial charge is 0.136 e. The lowest BCUT2D eigenvalue weighted by Gasteiger charge is -2.11. The molecule has 0 unspecified atom stereocenters. The third kappa shape index (κ3) is 2.79. The highest BCUT2D eigenvalue weighted by Crippen LogP contribution is 2.25. The SMILES string of the molecule is CCNc1snnc1COc1c(C)cccc1C. The molecule has 0 fully saturated rings. The Hall–Kier alpha value is -1.62. The van der Waals surface area contributed by atoms with Gasteiger partial charge in [-0.15, -0.1) is 5.10 Å². The van der Waals surface area contributed by atoms with Crippen molar-refractivity contribution in [2.24, 2.45) is 0 Å². The van der Waals surface area contributed by atoms with E-state index in [1.165, 1.54) is 11.5 Å². The summed E-state index contributed by atoms with van der Waals surface area (Å²) in [4.78, 5) is 0. The lowest BCUT2D eigenvalue weighted by atomic mass is 10.1. The van der Waals surface area contributed by atoms with Crippen LogP contribution in [0.15, 0.2) is 18.2 Å². The van der Waals surface area contributed by atoms with E-state index in [9.17, 15) is 0 Å². The molecule has 0 spiro atoms. The Morgan fingerprint density at radius 1 is 1.28 bits per heavy atom. The monoisotopic (exact) mass is 263 g/mol. The van der Waals surface area contributed by atoms with Crippen LogP contribution in [-0.2, 0) is 6.61 Å². The summed E-state index contributed by atoms with van der Waals surface area (Å²) in [5.41, 5.74) is 3.15. The number of aromatic nitrogens is 2. The van der Waals surface area contributed by atoms with E-state index in [-0.39, 0.29) is 0 Å². The molecule has 1 aromatic carbocycles. The normalized spacial score (nSPS) is 10.4. The van der Waals surface area contributed by atoms with Crippen LogP contribution in [0.25, 0.3) is 0 Å². The maximum absolute atomic E-state index is 5.86. The first-order valence-electron chi connectivity index (χ1n) is 5.96. The number of ether oxygens (including phenoxy) is 1. The van der Waals surface area contributed by atoms with E-state index >= 15 is 0 Å². The number of para-hydroxylation sites is 1. The standard InChI is InChI=1S/C13H17N3OS/c1-4-14-13-11(15-16-18-13)8-17-12-9(2)6-5-7-10(12)3/h5-7,14H,4,8H2,1-3H3. The van der Waals surface area contributed by atoms with Crippen molar-refractivity contribution in [2.75, 3.05) is 11.9 Å². The van der Waals surface area contributed by atoms with Crippen molar-refractivity contribution in [3.05, 3.63) is 35.0 Å². The number of rotatable bonds is 5. The first-order chi connectivity index (χ1) is 8.72. The van der Waals surface area contributed by atoms with Crippen LogP contribution in [0.5, 0.6) is 5.75 Å². The van der Waals surface area contributed by atoms with Crippen LogP contribution in [0.3, 0.4) is 0 Å². The molecule has 0 amide bonds. The minimum atomic E-state index is 0.449. The molecule has 5 heteroatoms. The third-order valence-corrected chi connectivity index (χ3v) is 3.38. The number of hydrogen-bond acceptors (Lipinski definition) is 5. The molecule has 0 aliphatic carbocycles. The van der Waals surface area contributed by atoms with E-state index in [1.54, 1.807) is 0 Å². The summed E-state index contributed by atoms with van der Waals surface area (Å²) in [5.74, 6) is 0.938. The zero-order valence-corrected chi connectivity index (χ0v) is 11.7. The molecule has 1 heterocycles. The molecule has 2 aromatic rings. The fourth-order valence-electron chi connectivity index (χ4n) is 1.77. The van der Waals surface area contributed by atoms with Crippen molar-refractivity contribution in [3.8, 4) is 5.75 Å². The van der Waals surface area contributed by atoms with E-state index < -0.39 is 0 Å². The van der Waals surface area contributed by atoms with E-state index in [0.29, 0.717) is 6.61 Å². The van der Waals surface area contributed by atoms with Crippen LogP contribution in [0.1, 0.15) is 23.7 Å². The van der Waals surface area contributed by atoms with E-state index in [2.05, 4.69) is 21.8 Å². The largest absolute Gasteiger partial charge is 0.487 e. The van der Waals surface area contributed by atoms with Gasteiger partial charge in [-0.05, 0) is 31.9 Å². The van der Waals surface area contributed by atoms with Crippen molar-refractivity contribution < 1.29 is 4.74 Å². The van der Waals surface area contributed by atoms with E-state index in [1.807, 2.05) is 32.0 Å². The third-order valence-electron chi connectivity index (χ3n) is 2.66. The van der Waals surface area contributed by atoms with Gasteiger partial charge in [-0.3, -0.25) is 0 Å². The van der Waals surface area contributed by atoms with Gasteiger partial charge in [0, 0.05) is 18.1 Å². The Kier molecular flexibility index (Phi) is 4.15. The highest BCUT2D eigenvalue weighted by atomic mass is 32.1. The zero-order valence-electron chi connectivity index (χ0n) is 10.9. The van der Waals surface area contributed by atoms with Gasteiger partial charge >= 0.3 is 0 Å². The van der Waals surface area contributed by atoms with Gasteiger partial charge in [0.05, 0.1) is 0 Å². The van der Waals surface area contributed by atoms with Crippen LogP contribution < -0.4 is 10.1 Å². The highest BCUT2D eigenvalue weighted by molar-refractivity contribution is 7.10. The van der Waals surface area contributed by atoms with Crippen LogP contribution in [-0.4, -0.2) is 16.1 Å². The quantitative estimate of drug-likeness (QED) is 0.900. The molecule has 0 atom stereocenters. The number of anilines is 1. The van der Waals surface area contributed by atoms with Gasteiger partial charge in [0.2, 0.25) is 0 Å². The molecule has 0 aliphatic heterocycles. The van der Waals surface area contributed by atoms with Gasteiger partial charge in [0.25, 0.3) is 0 Å². The first-order valence-corrected chi connectivity index (χ1v) is 6.73. The van der Waals surface area contributed by atoms with Crippen LogP contribution in [0.4, 0.5) is 5.00 Å². The lowest BCUT2D eigenvalue weighted by molar-refractivity contribution is 0.297. The minimum Gasteiger partial charge on any atom is -0.487 e. The van der Waals surface area contributed by atoms with Gasteiger partial charge in [0.1, 0.15) is 23.1 Å². The van der Waals surface area contributed by atoms with Crippen LogP contribution >= 0.6 is 11.5 Å². The molecule has 0 saturated heterocycles. The molecule has 2 rings (SSSR count). The summed E-state index contributed by atoms with van der Waals surface area (Å²) in [5, 5.41) is 8.31. The fourth-order valence-corrected chi connectivity index (χ4v) is 2.40. The molecule has 18 heavy (non-hydrogen) atoms. The second-order valence-corrected chi connectivity index (χ2v) is 4.84. The average molecular weight is 263 g/mol. The number of nitrogens with zero attached hydrogens (tertiary/aromatic N) is 2. The topological polar surface area (TPSA) is 47.0 Å². The number of nitrogens with one attached hydrogen (secondary N) is 1. The summed E-state index contributed by atoms with van der Waals surface area (Å²) in [6.45, 7) is 7.46. The van der Waals surface area contributed by atoms with Gasteiger partial charge in [-0.2, -0.15) is 0 Å². The Balaban J connectivity index is 2.09. The molecule has 1 aromatic heterocycles. The highest BCUT2D eigenvalue weighted by Gasteiger charge is 2.09. The van der Waals surface area contributed by atoms with Gasteiger partial charge in [-0.1, -0.05) is 22.7 Å². The maximum Gasteiger partial charge on any atom is 0.136 e. The number of hydrogen-bond donors (Lipinski definition) is 1. The van der Waals surface area contributed by atoms with Crippen molar-refractivity contribution in [2.45, 2.75) is 27.4 Å².